The van der Waals surface area contributed by atoms with E-state index in [1.165, 1.54) is 23.1 Å². The van der Waals surface area contributed by atoms with Crippen molar-refractivity contribution in [3.05, 3.63) is 92.9 Å². The molecule has 224 valence electrons. The van der Waals surface area contributed by atoms with Crippen molar-refractivity contribution in [1.82, 2.24) is 10.2 Å². The second-order valence-electron chi connectivity index (χ2n) is 10.5. The zero-order chi connectivity index (χ0) is 30.4. The molecule has 1 atom stereocenters. The Morgan fingerprint density at radius 3 is 2.21 bits per heavy atom. The van der Waals surface area contributed by atoms with E-state index < -0.39 is 28.5 Å². The molecule has 0 aliphatic heterocycles. The highest BCUT2D eigenvalue weighted by molar-refractivity contribution is 7.92. The number of benzene rings is 3. The Balaban J connectivity index is 1.73. The maximum atomic E-state index is 14.2. The summed E-state index contributed by atoms with van der Waals surface area (Å²) in [4.78, 5) is 29.0. The number of hydrogen-bond acceptors (Lipinski definition) is 4. The van der Waals surface area contributed by atoms with Crippen LogP contribution in [0.25, 0.3) is 0 Å². The summed E-state index contributed by atoms with van der Waals surface area (Å²) in [6.07, 6.45) is 4.94. The van der Waals surface area contributed by atoms with Gasteiger partial charge in [0.1, 0.15) is 12.6 Å². The first-order chi connectivity index (χ1) is 20.0. The molecule has 0 bridgehead atoms. The maximum Gasteiger partial charge on any atom is 0.264 e. The fourth-order valence-corrected chi connectivity index (χ4v) is 7.26. The average molecular weight is 651 g/mol. The fraction of sp³-hybridized carbons (Fsp3) is 0.355. The van der Waals surface area contributed by atoms with Crippen LogP contribution in [0.1, 0.15) is 50.2 Å². The number of amides is 2. The van der Waals surface area contributed by atoms with Gasteiger partial charge in [-0.05, 0) is 68.7 Å². The number of nitrogens with zero attached hydrogens (tertiary/aromatic N) is 2. The first-order valence-electron chi connectivity index (χ1n) is 13.9. The predicted octanol–water partition coefficient (Wildman–Crippen LogP) is 7.02. The van der Waals surface area contributed by atoms with Gasteiger partial charge in [-0.15, -0.1) is 0 Å². The fourth-order valence-electron chi connectivity index (χ4n) is 5.09. The van der Waals surface area contributed by atoms with Crippen LogP contribution < -0.4 is 9.62 Å². The van der Waals surface area contributed by atoms with E-state index in [0.29, 0.717) is 26.2 Å². The quantitative estimate of drug-likeness (QED) is 0.256. The molecule has 1 aliphatic rings. The molecule has 11 heteroatoms. The number of aryl methyl sites for hydroxylation is 1. The molecule has 42 heavy (non-hydrogen) atoms. The molecule has 1 N–H and O–H groups in total. The molecule has 0 aromatic heterocycles. The van der Waals surface area contributed by atoms with E-state index in [4.69, 9.17) is 34.8 Å². The molecule has 7 nitrogen and oxygen atoms in total. The number of carbonyl (C=O) groups is 2. The standard InChI is InChI=1S/C31H34Cl3N3O4S/c1-21-16-17-23(32)18-29(21)37(42(40,41)25-12-7-4-8-13-25)20-30(38)36(19-26-27(33)14-9-15-28(26)34)22(2)31(39)35-24-10-5-3-6-11-24/h4,7-9,12-18,22,24H,3,5-6,10-11,19-20H2,1-2H3,(H,35,39)/t22-/m1/s1. The molecule has 3 aromatic carbocycles. The summed E-state index contributed by atoms with van der Waals surface area (Å²) >= 11 is 19.2. The average Bonchev–Trinajstić information content (AvgIpc) is 2.97. The van der Waals surface area contributed by atoms with E-state index in [1.54, 1.807) is 62.4 Å². The molecule has 0 saturated heterocycles. The van der Waals surface area contributed by atoms with Crippen LogP contribution in [0, 0.1) is 6.92 Å². The minimum absolute atomic E-state index is 0.0148. The molecule has 2 amide bonds. The van der Waals surface area contributed by atoms with Crippen LogP contribution >= 0.6 is 34.8 Å². The summed E-state index contributed by atoms with van der Waals surface area (Å²) in [6, 6.07) is 16.8. The minimum atomic E-state index is -4.21. The van der Waals surface area contributed by atoms with Crippen LogP contribution in [0.4, 0.5) is 5.69 Å². The molecule has 1 fully saturated rings. The van der Waals surface area contributed by atoms with Gasteiger partial charge >= 0.3 is 0 Å². The van der Waals surface area contributed by atoms with Gasteiger partial charge in [0.2, 0.25) is 11.8 Å². The molecule has 0 unspecified atom stereocenters. The van der Waals surface area contributed by atoms with Crippen molar-refractivity contribution >= 4 is 62.3 Å². The molecule has 1 aliphatic carbocycles. The molecule has 0 heterocycles. The summed E-state index contributed by atoms with van der Waals surface area (Å²) in [5, 5.41) is 4.06. The van der Waals surface area contributed by atoms with Gasteiger partial charge in [-0.2, -0.15) is 0 Å². The Hall–Kier alpha value is -2.78. The van der Waals surface area contributed by atoms with Crippen molar-refractivity contribution < 1.29 is 18.0 Å². The van der Waals surface area contributed by atoms with Crippen molar-refractivity contribution in [3.63, 3.8) is 0 Å². The second kappa shape index (κ2) is 14.1. The third kappa shape index (κ3) is 7.59. The summed E-state index contributed by atoms with van der Waals surface area (Å²) in [5.41, 5.74) is 1.33. The Kier molecular flexibility index (Phi) is 10.8. The van der Waals surface area contributed by atoms with Crippen LogP contribution in [0.15, 0.2) is 71.6 Å². The number of rotatable bonds is 10. The highest BCUT2D eigenvalue weighted by Gasteiger charge is 2.34. The van der Waals surface area contributed by atoms with Crippen LogP contribution in [0.2, 0.25) is 15.1 Å². The zero-order valence-corrected chi connectivity index (χ0v) is 26.6. The third-order valence-corrected chi connectivity index (χ3v) is 10.3. The normalized spacial score (nSPS) is 14.7. The highest BCUT2D eigenvalue weighted by Crippen LogP contribution is 2.31. The van der Waals surface area contributed by atoms with Crippen molar-refractivity contribution in [2.45, 2.75) is 69.5 Å². The van der Waals surface area contributed by atoms with Crippen LogP contribution in [0.5, 0.6) is 0 Å². The first kappa shape index (κ1) is 32.1. The lowest BCUT2D eigenvalue weighted by molar-refractivity contribution is -0.139. The van der Waals surface area contributed by atoms with Gasteiger partial charge in [-0.25, -0.2) is 8.42 Å². The number of carbonyl (C=O) groups excluding carboxylic acids is 2. The van der Waals surface area contributed by atoms with E-state index in [9.17, 15) is 18.0 Å². The van der Waals surface area contributed by atoms with Crippen molar-refractivity contribution in [2.75, 3.05) is 10.8 Å². The Bertz CT molecular complexity index is 1510. The Morgan fingerprint density at radius 1 is 0.929 bits per heavy atom. The second-order valence-corrected chi connectivity index (χ2v) is 13.6. The van der Waals surface area contributed by atoms with Gasteiger partial charge in [0.25, 0.3) is 10.0 Å². The molecule has 0 radical (unpaired) electrons. The van der Waals surface area contributed by atoms with E-state index >= 15 is 0 Å². The van der Waals surface area contributed by atoms with Crippen LogP contribution in [-0.2, 0) is 26.2 Å². The molecule has 1 saturated carbocycles. The van der Waals surface area contributed by atoms with Gasteiger partial charge < -0.3 is 10.2 Å². The lowest BCUT2D eigenvalue weighted by Crippen LogP contribution is -2.53. The van der Waals surface area contributed by atoms with E-state index in [-0.39, 0.29) is 29.1 Å². The lowest BCUT2D eigenvalue weighted by Gasteiger charge is -2.34. The summed E-state index contributed by atoms with van der Waals surface area (Å²) < 4.78 is 29.0. The van der Waals surface area contributed by atoms with Crippen molar-refractivity contribution in [1.29, 1.82) is 0 Å². The van der Waals surface area contributed by atoms with Crippen LogP contribution in [-0.4, -0.2) is 43.8 Å². The van der Waals surface area contributed by atoms with Gasteiger partial charge in [-0.3, -0.25) is 13.9 Å². The minimum Gasteiger partial charge on any atom is -0.352 e. The summed E-state index contributed by atoms with van der Waals surface area (Å²) in [5.74, 6) is -0.925. The number of halogens is 3. The molecular formula is C31H34Cl3N3O4S. The Labute approximate surface area is 262 Å². The lowest BCUT2D eigenvalue weighted by atomic mass is 9.95. The monoisotopic (exact) mass is 649 g/mol. The Morgan fingerprint density at radius 2 is 1.57 bits per heavy atom. The number of sulfonamides is 1. The van der Waals surface area contributed by atoms with Gasteiger partial charge in [-0.1, -0.05) is 84.4 Å². The largest absolute Gasteiger partial charge is 0.352 e. The number of anilines is 1. The SMILES string of the molecule is Cc1ccc(Cl)cc1N(CC(=O)N(Cc1c(Cl)cccc1Cl)[C@H](C)C(=O)NC1CCCCC1)S(=O)(=O)c1ccccc1. The first-order valence-corrected chi connectivity index (χ1v) is 16.4. The maximum absolute atomic E-state index is 14.2. The number of hydrogen-bond donors (Lipinski definition) is 1. The summed E-state index contributed by atoms with van der Waals surface area (Å²) in [6.45, 7) is 2.69. The smallest absolute Gasteiger partial charge is 0.264 e. The van der Waals surface area contributed by atoms with Crippen molar-refractivity contribution in [2.24, 2.45) is 0 Å². The van der Waals surface area contributed by atoms with Gasteiger partial charge in [0.05, 0.1) is 10.6 Å². The molecule has 0 spiro atoms. The van der Waals surface area contributed by atoms with Gasteiger partial charge in [0.15, 0.2) is 0 Å². The van der Waals surface area contributed by atoms with Crippen LogP contribution in [0.3, 0.4) is 0 Å². The highest BCUT2D eigenvalue weighted by atomic mass is 35.5. The van der Waals surface area contributed by atoms with Crippen molar-refractivity contribution in [3.8, 4) is 0 Å². The summed E-state index contributed by atoms with van der Waals surface area (Å²) in [7, 11) is -4.21. The van der Waals surface area contributed by atoms with E-state index in [0.717, 1.165) is 36.4 Å². The topological polar surface area (TPSA) is 86.8 Å². The molecule has 4 rings (SSSR count). The number of nitrogens with one attached hydrogen (secondary N) is 1. The third-order valence-electron chi connectivity index (χ3n) is 7.56. The molecular weight excluding hydrogens is 617 g/mol. The van der Waals surface area contributed by atoms with Gasteiger partial charge in [0, 0.05) is 33.2 Å². The molecule has 3 aromatic rings. The van der Waals surface area contributed by atoms with E-state index in [2.05, 4.69) is 5.32 Å². The predicted molar refractivity (Wildman–Crippen MR) is 169 cm³/mol. The zero-order valence-electron chi connectivity index (χ0n) is 23.5. The van der Waals surface area contributed by atoms with E-state index in [1.807, 2.05) is 0 Å².